The molecule has 7 rings (SSSR count). The van der Waals surface area contributed by atoms with Crippen LogP contribution in [0, 0.1) is 6.92 Å². The summed E-state index contributed by atoms with van der Waals surface area (Å²) in [5.74, 6) is 2.90. The van der Waals surface area contributed by atoms with Gasteiger partial charge in [0.1, 0.15) is 0 Å². The number of halogens is 1. The van der Waals surface area contributed by atoms with E-state index in [1.54, 1.807) is 6.20 Å². The third kappa shape index (κ3) is 4.71. The lowest BCUT2D eigenvalue weighted by Gasteiger charge is -2.40. The quantitative estimate of drug-likeness (QED) is 0.208. The summed E-state index contributed by atoms with van der Waals surface area (Å²) in [5, 5.41) is 8.57. The lowest BCUT2D eigenvalue weighted by atomic mass is 9.93. The van der Waals surface area contributed by atoms with Crippen molar-refractivity contribution in [3.63, 3.8) is 0 Å². The number of hydrogen-bond acceptors (Lipinski definition) is 6. The number of aromatic nitrogens is 3. The number of benzene rings is 3. The fraction of sp³-hybridized carbons (Fsp3) is 0.176. The van der Waals surface area contributed by atoms with Gasteiger partial charge in [0.15, 0.2) is 23.3 Å². The molecule has 0 saturated heterocycles. The maximum Gasteiger partial charge on any atom is 0.179 e. The summed E-state index contributed by atoms with van der Waals surface area (Å²) in [6.07, 6.45) is 5.23. The molecule has 0 aliphatic carbocycles. The first-order chi connectivity index (χ1) is 20.6. The highest BCUT2D eigenvalue weighted by atomic mass is 79.9. The van der Waals surface area contributed by atoms with Gasteiger partial charge in [0.25, 0.3) is 0 Å². The lowest BCUT2D eigenvalue weighted by molar-refractivity contribution is 0.795. The van der Waals surface area contributed by atoms with E-state index < -0.39 is 0 Å². The van der Waals surface area contributed by atoms with Crippen LogP contribution in [0.3, 0.4) is 0 Å². The largest absolute Gasteiger partial charge is 0.337 e. The second-order valence-corrected chi connectivity index (χ2v) is 11.5. The minimum atomic E-state index is -0.188. The van der Waals surface area contributed by atoms with E-state index in [0.717, 1.165) is 62.2 Å². The minimum Gasteiger partial charge on any atom is -0.337 e. The number of amidine groups is 2. The fourth-order valence-corrected chi connectivity index (χ4v) is 6.12. The van der Waals surface area contributed by atoms with Crippen LogP contribution in [0.1, 0.15) is 48.2 Å². The van der Waals surface area contributed by atoms with Gasteiger partial charge in [0, 0.05) is 21.9 Å². The number of aryl methyl sites for hydroxylation is 2. The van der Waals surface area contributed by atoms with Crippen LogP contribution in [0.4, 0.5) is 22.9 Å². The van der Waals surface area contributed by atoms with Gasteiger partial charge in [-0.3, -0.25) is 0 Å². The molecular weight excluding hydrogens is 586 g/mol. The van der Waals surface area contributed by atoms with Crippen molar-refractivity contribution in [1.29, 1.82) is 0 Å². The van der Waals surface area contributed by atoms with Crippen molar-refractivity contribution in [2.24, 2.45) is 9.98 Å². The number of fused-ring (bicyclic) bond motifs is 4. The summed E-state index contributed by atoms with van der Waals surface area (Å²) >= 11 is 3.71. The van der Waals surface area contributed by atoms with Gasteiger partial charge in [-0.2, -0.15) is 9.78 Å². The van der Waals surface area contributed by atoms with Crippen molar-refractivity contribution >= 4 is 50.5 Å². The zero-order chi connectivity index (χ0) is 28.6. The zero-order valence-electron chi connectivity index (χ0n) is 23.5. The molecule has 208 valence electrons. The lowest BCUT2D eigenvalue weighted by Crippen LogP contribution is -2.46. The summed E-state index contributed by atoms with van der Waals surface area (Å²) < 4.78 is 2.86. The Morgan fingerprint density at radius 2 is 1.74 bits per heavy atom. The fourth-order valence-electron chi connectivity index (χ4n) is 5.70. The molecule has 7 nitrogen and oxygen atoms in total. The van der Waals surface area contributed by atoms with E-state index in [1.165, 1.54) is 18.4 Å². The molecule has 3 aromatic carbocycles. The molecule has 8 heteroatoms. The molecule has 0 radical (unpaired) electrons. The topological polar surface area (TPSA) is 70.7 Å². The van der Waals surface area contributed by atoms with Gasteiger partial charge < -0.3 is 10.2 Å². The Bertz CT molecular complexity index is 1820. The molecule has 0 fully saturated rings. The Kier molecular flexibility index (Phi) is 6.91. The van der Waals surface area contributed by atoms with Crippen molar-refractivity contribution < 1.29 is 0 Å². The SMILES string of the molecule is CCCCc1ccc(NC2=Nc3ccccc3N3C2=Nc2c(c(C)nn2-c2ccccn2)[C@H]3c2cccc(Br)c2)cc1. The number of rotatable bonds is 6. The number of hydrogen-bond donors (Lipinski definition) is 1. The smallest absolute Gasteiger partial charge is 0.179 e. The third-order valence-corrected chi connectivity index (χ3v) is 8.20. The summed E-state index contributed by atoms with van der Waals surface area (Å²) in [5.41, 5.74) is 7.26. The molecule has 1 N–H and O–H groups in total. The first kappa shape index (κ1) is 26.3. The maximum absolute atomic E-state index is 5.30. The average molecular weight is 617 g/mol. The predicted octanol–water partition coefficient (Wildman–Crippen LogP) is 8.48. The van der Waals surface area contributed by atoms with Gasteiger partial charge >= 0.3 is 0 Å². The number of aliphatic imine (C=N–C) groups is 2. The van der Waals surface area contributed by atoms with Crippen molar-refractivity contribution in [2.75, 3.05) is 10.2 Å². The molecule has 1 atom stereocenters. The molecule has 0 unspecified atom stereocenters. The first-order valence-electron chi connectivity index (χ1n) is 14.3. The van der Waals surface area contributed by atoms with Gasteiger partial charge in [-0.1, -0.05) is 71.7 Å². The Morgan fingerprint density at radius 1 is 0.905 bits per heavy atom. The second kappa shape index (κ2) is 11.0. The Balaban J connectivity index is 1.42. The van der Waals surface area contributed by atoms with Crippen LogP contribution in [0.25, 0.3) is 5.82 Å². The monoisotopic (exact) mass is 615 g/mol. The second-order valence-electron chi connectivity index (χ2n) is 10.6. The highest BCUT2D eigenvalue weighted by Crippen LogP contribution is 2.48. The molecule has 2 aliphatic rings. The number of nitrogens with zero attached hydrogens (tertiary/aromatic N) is 6. The standard InChI is InChI=1S/C34H30BrN7/c1-3-4-10-23-16-18-26(19-17-23)37-32-34-39-33-30(22(2)40-42(33)29-15-7-8-20-36-29)31(24-11-9-12-25(35)21-24)41(34)28-14-6-5-13-27(28)38-32/h5-9,11-21,31H,3-4,10H2,1-2H3,(H,37,38)/t31-/m1/s1. The van der Waals surface area contributed by atoms with E-state index in [9.17, 15) is 0 Å². The first-order valence-corrected chi connectivity index (χ1v) is 15.1. The van der Waals surface area contributed by atoms with Crippen LogP contribution in [0.2, 0.25) is 0 Å². The summed E-state index contributed by atoms with van der Waals surface area (Å²) in [6, 6.07) is 31.0. The van der Waals surface area contributed by atoms with Gasteiger partial charge in [0.05, 0.1) is 23.1 Å². The molecule has 5 aromatic rings. The van der Waals surface area contributed by atoms with E-state index in [2.05, 4.69) is 105 Å². The van der Waals surface area contributed by atoms with Crippen molar-refractivity contribution in [1.82, 2.24) is 14.8 Å². The van der Waals surface area contributed by atoms with Gasteiger partial charge in [-0.25, -0.2) is 15.0 Å². The molecule has 0 spiro atoms. The van der Waals surface area contributed by atoms with E-state index in [4.69, 9.17) is 15.1 Å². The number of para-hydroxylation sites is 2. The van der Waals surface area contributed by atoms with Gasteiger partial charge in [-0.05, 0) is 79.4 Å². The number of nitrogens with one attached hydrogen (secondary N) is 1. The van der Waals surface area contributed by atoms with Crippen LogP contribution in [0.5, 0.6) is 0 Å². The molecule has 4 heterocycles. The van der Waals surface area contributed by atoms with E-state index in [1.807, 2.05) is 35.9 Å². The number of pyridine rings is 1. The normalized spacial score (nSPS) is 15.3. The van der Waals surface area contributed by atoms with Gasteiger partial charge in [-0.15, -0.1) is 0 Å². The van der Waals surface area contributed by atoms with Crippen LogP contribution in [-0.4, -0.2) is 26.4 Å². The summed E-state index contributed by atoms with van der Waals surface area (Å²) in [4.78, 5) is 17.3. The predicted molar refractivity (Wildman–Crippen MR) is 174 cm³/mol. The molecule has 0 saturated carbocycles. The van der Waals surface area contributed by atoms with E-state index >= 15 is 0 Å². The van der Waals surface area contributed by atoms with Crippen molar-refractivity contribution in [3.05, 3.63) is 124 Å². The number of anilines is 2. The Hall–Kier alpha value is -4.56. The zero-order valence-corrected chi connectivity index (χ0v) is 25.1. The number of unbranched alkanes of at least 4 members (excludes halogenated alkanes) is 1. The van der Waals surface area contributed by atoms with Gasteiger partial charge in [0.2, 0.25) is 0 Å². The van der Waals surface area contributed by atoms with E-state index in [-0.39, 0.29) is 6.04 Å². The minimum absolute atomic E-state index is 0.188. The summed E-state index contributed by atoms with van der Waals surface area (Å²) in [6.45, 7) is 4.27. The molecule has 2 aliphatic heterocycles. The maximum atomic E-state index is 5.30. The summed E-state index contributed by atoms with van der Waals surface area (Å²) in [7, 11) is 0. The van der Waals surface area contributed by atoms with E-state index in [0.29, 0.717) is 5.84 Å². The van der Waals surface area contributed by atoms with Crippen LogP contribution in [-0.2, 0) is 6.42 Å². The highest BCUT2D eigenvalue weighted by molar-refractivity contribution is 9.10. The molecule has 42 heavy (non-hydrogen) atoms. The Labute approximate surface area is 253 Å². The van der Waals surface area contributed by atoms with Crippen LogP contribution < -0.4 is 10.2 Å². The molecule has 0 amide bonds. The molecular formula is C34H30BrN7. The highest BCUT2D eigenvalue weighted by Gasteiger charge is 2.41. The van der Waals surface area contributed by atoms with Crippen molar-refractivity contribution in [3.8, 4) is 5.82 Å². The average Bonchev–Trinajstić information content (AvgIpc) is 3.36. The molecule has 2 aromatic heterocycles. The third-order valence-electron chi connectivity index (χ3n) is 7.70. The van der Waals surface area contributed by atoms with Crippen molar-refractivity contribution in [2.45, 2.75) is 39.2 Å². The Morgan fingerprint density at radius 3 is 2.52 bits per heavy atom. The van der Waals surface area contributed by atoms with Crippen LogP contribution >= 0.6 is 15.9 Å². The van der Waals surface area contributed by atoms with Crippen LogP contribution in [0.15, 0.2) is 112 Å². The molecule has 0 bridgehead atoms.